The summed E-state index contributed by atoms with van der Waals surface area (Å²) in [6.45, 7) is 0.539. The molecular weight excluding hydrogens is 206 g/mol. The van der Waals surface area contributed by atoms with Gasteiger partial charge in [-0.3, -0.25) is 0 Å². The van der Waals surface area contributed by atoms with E-state index in [9.17, 15) is 0 Å². The Bertz CT molecular complexity index is 687. The molecule has 0 atom stereocenters. The van der Waals surface area contributed by atoms with Crippen LogP contribution in [-0.4, -0.2) is 29.4 Å². The summed E-state index contributed by atoms with van der Waals surface area (Å²) in [5.41, 5.74) is 1.46. The molecule has 78 valence electrons. The summed E-state index contributed by atoms with van der Waals surface area (Å²) in [7, 11) is 0. The minimum Gasteiger partial charge on any atom is -0.246 e. The van der Waals surface area contributed by atoms with Crippen molar-refractivity contribution >= 4 is 16.7 Å². The van der Waals surface area contributed by atoms with Crippen molar-refractivity contribution in [2.75, 3.05) is 0 Å². The third kappa shape index (κ3) is 1.13. The first-order chi connectivity index (χ1) is 7.90. The van der Waals surface area contributed by atoms with Gasteiger partial charge in [0, 0.05) is 0 Å². The largest absolute Gasteiger partial charge is 0.246 e. The quantitative estimate of drug-likeness (QED) is 0.614. The van der Waals surface area contributed by atoms with Crippen LogP contribution >= 0.6 is 0 Å². The van der Waals surface area contributed by atoms with E-state index in [0.717, 1.165) is 16.7 Å². The van der Waals surface area contributed by atoms with Crippen molar-refractivity contribution in [2.45, 2.75) is 13.0 Å². The summed E-state index contributed by atoms with van der Waals surface area (Å²) in [6.07, 6.45) is 5.18. The predicted molar refractivity (Wildman–Crippen MR) is 54.3 cm³/mol. The van der Waals surface area contributed by atoms with Crippen LogP contribution in [0.2, 0.25) is 0 Å². The van der Waals surface area contributed by atoms with Crippen LogP contribution in [-0.2, 0) is 6.54 Å². The maximum Gasteiger partial charge on any atom is 0.169 e. The standard InChI is InChI=1S/C9H7N7/c10-2-1-3-15-9-7(4-13-15)8-11-5-14-16(8)6-12-9/h4-6H,1,3H2. The van der Waals surface area contributed by atoms with Gasteiger partial charge in [-0.05, 0) is 0 Å². The molecular formula is C9H7N7. The smallest absolute Gasteiger partial charge is 0.169 e. The second-order valence-corrected chi connectivity index (χ2v) is 3.29. The average molecular weight is 213 g/mol. The van der Waals surface area contributed by atoms with Gasteiger partial charge in [-0.25, -0.2) is 19.2 Å². The van der Waals surface area contributed by atoms with Crippen molar-refractivity contribution in [3.63, 3.8) is 0 Å². The molecule has 0 saturated carbocycles. The summed E-state index contributed by atoms with van der Waals surface area (Å²) < 4.78 is 3.30. The second kappa shape index (κ2) is 3.27. The first-order valence-electron chi connectivity index (χ1n) is 4.77. The monoisotopic (exact) mass is 213 g/mol. The normalized spacial score (nSPS) is 10.9. The van der Waals surface area contributed by atoms with E-state index < -0.39 is 0 Å². The number of nitriles is 1. The van der Waals surface area contributed by atoms with Gasteiger partial charge in [0.1, 0.15) is 12.7 Å². The highest BCUT2D eigenvalue weighted by molar-refractivity contribution is 5.88. The van der Waals surface area contributed by atoms with Crippen LogP contribution < -0.4 is 0 Å². The summed E-state index contributed by atoms with van der Waals surface area (Å²) in [6, 6.07) is 2.08. The molecule has 0 aliphatic rings. The summed E-state index contributed by atoms with van der Waals surface area (Å²) in [4.78, 5) is 8.38. The van der Waals surface area contributed by atoms with Crippen molar-refractivity contribution in [1.29, 1.82) is 5.26 Å². The third-order valence-electron chi connectivity index (χ3n) is 2.35. The first kappa shape index (κ1) is 8.79. The fourth-order valence-corrected chi connectivity index (χ4v) is 1.63. The number of fused-ring (bicyclic) bond motifs is 3. The summed E-state index contributed by atoms with van der Waals surface area (Å²) in [5, 5.41) is 17.6. The van der Waals surface area contributed by atoms with E-state index in [1.807, 2.05) is 0 Å². The SMILES string of the molecule is N#CCCn1ncc2c1ncn1ncnc21. The zero-order valence-corrected chi connectivity index (χ0v) is 8.28. The maximum atomic E-state index is 8.54. The van der Waals surface area contributed by atoms with E-state index in [1.165, 1.54) is 6.33 Å². The van der Waals surface area contributed by atoms with Crippen LogP contribution in [0.4, 0.5) is 0 Å². The molecule has 0 bridgehead atoms. The lowest BCUT2D eigenvalue weighted by atomic mass is 10.4. The fourth-order valence-electron chi connectivity index (χ4n) is 1.63. The van der Waals surface area contributed by atoms with Crippen LogP contribution in [0.5, 0.6) is 0 Å². The molecule has 16 heavy (non-hydrogen) atoms. The van der Waals surface area contributed by atoms with E-state index in [-0.39, 0.29) is 0 Å². The lowest BCUT2D eigenvalue weighted by Crippen LogP contribution is -2.01. The molecule has 3 aromatic rings. The summed E-state index contributed by atoms with van der Waals surface area (Å²) >= 11 is 0. The van der Waals surface area contributed by atoms with E-state index in [2.05, 4.69) is 26.2 Å². The van der Waals surface area contributed by atoms with E-state index in [0.29, 0.717) is 13.0 Å². The van der Waals surface area contributed by atoms with Gasteiger partial charge in [-0.1, -0.05) is 0 Å². The van der Waals surface area contributed by atoms with Crippen molar-refractivity contribution < 1.29 is 0 Å². The van der Waals surface area contributed by atoms with Crippen LogP contribution in [0.3, 0.4) is 0 Å². The van der Waals surface area contributed by atoms with Gasteiger partial charge in [-0.15, -0.1) is 0 Å². The zero-order chi connectivity index (χ0) is 11.0. The molecule has 3 heterocycles. The predicted octanol–water partition coefficient (Wildman–Crippen LogP) is 0.388. The minimum absolute atomic E-state index is 0.413. The number of aromatic nitrogens is 6. The number of rotatable bonds is 2. The van der Waals surface area contributed by atoms with Crippen LogP contribution in [0.15, 0.2) is 18.9 Å². The Balaban J connectivity index is 2.23. The van der Waals surface area contributed by atoms with Gasteiger partial charge in [0.25, 0.3) is 0 Å². The van der Waals surface area contributed by atoms with E-state index >= 15 is 0 Å². The molecule has 0 fully saturated rings. The highest BCUT2D eigenvalue weighted by atomic mass is 15.3. The van der Waals surface area contributed by atoms with Gasteiger partial charge >= 0.3 is 0 Å². The topological polar surface area (TPSA) is 84.7 Å². The van der Waals surface area contributed by atoms with Gasteiger partial charge in [-0.2, -0.15) is 15.5 Å². The average Bonchev–Trinajstić information content (AvgIpc) is 2.91. The molecule has 0 aliphatic carbocycles. The number of aryl methyl sites for hydroxylation is 1. The molecule has 0 spiro atoms. The Labute approximate surface area is 90.0 Å². The molecule has 0 unspecified atom stereocenters. The molecule has 0 amide bonds. The molecule has 7 heteroatoms. The Morgan fingerprint density at radius 1 is 1.25 bits per heavy atom. The van der Waals surface area contributed by atoms with Gasteiger partial charge in [0.15, 0.2) is 11.3 Å². The Morgan fingerprint density at radius 2 is 2.19 bits per heavy atom. The van der Waals surface area contributed by atoms with Gasteiger partial charge in [0.2, 0.25) is 0 Å². The molecule has 0 saturated heterocycles. The van der Waals surface area contributed by atoms with E-state index in [4.69, 9.17) is 5.26 Å². The van der Waals surface area contributed by atoms with Crippen LogP contribution in [0.25, 0.3) is 16.7 Å². The van der Waals surface area contributed by atoms with Gasteiger partial charge in [0.05, 0.1) is 30.6 Å². The molecule has 7 nitrogen and oxygen atoms in total. The van der Waals surface area contributed by atoms with E-state index in [1.54, 1.807) is 21.7 Å². The third-order valence-corrected chi connectivity index (χ3v) is 2.35. The second-order valence-electron chi connectivity index (χ2n) is 3.29. The molecule has 0 aliphatic heterocycles. The van der Waals surface area contributed by atoms with Crippen molar-refractivity contribution in [1.82, 2.24) is 29.4 Å². The number of nitrogens with zero attached hydrogens (tertiary/aromatic N) is 7. The van der Waals surface area contributed by atoms with Gasteiger partial charge < -0.3 is 0 Å². The fraction of sp³-hybridized carbons (Fsp3) is 0.222. The highest BCUT2D eigenvalue weighted by Gasteiger charge is 2.08. The molecule has 0 radical (unpaired) electrons. The molecule has 0 N–H and O–H groups in total. The maximum absolute atomic E-state index is 8.54. The minimum atomic E-state index is 0.413. The van der Waals surface area contributed by atoms with Crippen molar-refractivity contribution in [3.05, 3.63) is 18.9 Å². The Hall–Kier alpha value is -2.49. The lowest BCUT2D eigenvalue weighted by Gasteiger charge is -1.98. The first-order valence-corrected chi connectivity index (χ1v) is 4.77. The molecule has 3 rings (SSSR count). The Kier molecular flexibility index (Phi) is 1.80. The zero-order valence-electron chi connectivity index (χ0n) is 8.28. The van der Waals surface area contributed by atoms with Crippen molar-refractivity contribution in [2.24, 2.45) is 0 Å². The molecule has 0 aromatic carbocycles. The van der Waals surface area contributed by atoms with Crippen LogP contribution in [0, 0.1) is 11.3 Å². The molecule has 3 aromatic heterocycles. The Morgan fingerprint density at radius 3 is 3.06 bits per heavy atom. The lowest BCUT2D eigenvalue weighted by molar-refractivity contribution is 0.642. The number of hydrogen-bond donors (Lipinski definition) is 0. The van der Waals surface area contributed by atoms with Crippen molar-refractivity contribution in [3.8, 4) is 6.07 Å². The summed E-state index contributed by atoms with van der Waals surface area (Å²) in [5.74, 6) is 0. The highest BCUT2D eigenvalue weighted by Crippen LogP contribution is 2.14. The van der Waals surface area contributed by atoms with Crippen LogP contribution in [0.1, 0.15) is 6.42 Å². The number of hydrogen-bond acceptors (Lipinski definition) is 5.